The largest absolute Gasteiger partial charge is 0.462 e. The highest BCUT2D eigenvalue weighted by molar-refractivity contribution is 5.99. The number of hydrogen-bond acceptors (Lipinski definition) is 6. The molecule has 5 rings (SSSR count). The number of pyridine rings is 1. The summed E-state index contributed by atoms with van der Waals surface area (Å²) in [5.74, 6) is -0.333. The van der Waals surface area contributed by atoms with Crippen LogP contribution >= 0.6 is 0 Å². The maximum Gasteiger partial charge on any atom is 0.251 e. The van der Waals surface area contributed by atoms with Crippen molar-refractivity contribution in [3.8, 4) is 5.75 Å². The van der Waals surface area contributed by atoms with Crippen molar-refractivity contribution in [2.75, 3.05) is 25.0 Å². The molecule has 2 aliphatic heterocycles. The molecular formula is C24H28N4O4. The summed E-state index contributed by atoms with van der Waals surface area (Å²) in [6, 6.07) is 9.53. The zero-order chi connectivity index (χ0) is 22.0. The molecule has 8 nitrogen and oxygen atoms in total. The lowest BCUT2D eigenvalue weighted by Crippen LogP contribution is -2.54. The zero-order valence-corrected chi connectivity index (χ0v) is 18.0. The van der Waals surface area contributed by atoms with Crippen LogP contribution in [0.1, 0.15) is 48.0 Å². The molecule has 2 aromatic rings. The molecule has 1 saturated carbocycles. The number of nitrogens with one attached hydrogen (secondary N) is 2. The van der Waals surface area contributed by atoms with Gasteiger partial charge in [-0.15, -0.1) is 0 Å². The van der Waals surface area contributed by atoms with Crippen molar-refractivity contribution < 1.29 is 19.1 Å². The monoisotopic (exact) mass is 436 g/mol. The molecule has 2 amide bonds. The van der Waals surface area contributed by atoms with Gasteiger partial charge in [0, 0.05) is 61.2 Å². The lowest BCUT2D eigenvalue weighted by molar-refractivity contribution is -0.231. The molecule has 1 spiro atoms. The lowest BCUT2D eigenvalue weighted by Gasteiger charge is -2.47. The average molecular weight is 437 g/mol. The number of anilines is 1. The number of piperidine rings is 1. The molecule has 2 fully saturated rings. The second-order valence-corrected chi connectivity index (χ2v) is 8.71. The van der Waals surface area contributed by atoms with Gasteiger partial charge in [0.1, 0.15) is 5.75 Å². The van der Waals surface area contributed by atoms with Crippen LogP contribution in [0, 0.1) is 0 Å². The van der Waals surface area contributed by atoms with Gasteiger partial charge >= 0.3 is 0 Å². The normalized spacial score (nSPS) is 20.0. The minimum absolute atomic E-state index is 0.119. The molecule has 1 saturated heterocycles. The molecule has 8 heteroatoms. The Bertz CT molecular complexity index is 985. The number of aromatic nitrogens is 1. The van der Waals surface area contributed by atoms with Crippen molar-refractivity contribution in [1.82, 2.24) is 15.2 Å². The standard InChI is InChI=1S/C24H28N4O4/c29-22(15-26-23(30)17-6-10-25-11-7-17)27-19-4-5-21-18(14-19)16-31-24(32-21)8-12-28(13-9-24)20-2-1-3-20/h4-7,10-11,14,20H,1-3,8-9,12-13,15-16H2,(H,26,30)(H,27,29). The molecule has 168 valence electrons. The van der Waals surface area contributed by atoms with E-state index >= 15 is 0 Å². The number of fused-ring (bicyclic) bond motifs is 1. The molecule has 0 bridgehead atoms. The molecule has 32 heavy (non-hydrogen) atoms. The average Bonchev–Trinajstić information content (AvgIpc) is 2.79. The van der Waals surface area contributed by atoms with Gasteiger partial charge in [-0.05, 0) is 43.2 Å². The van der Waals surface area contributed by atoms with Crippen molar-refractivity contribution >= 4 is 17.5 Å². The summed E-state index contributed by atoms with van der Waals surface area (Å²) in [5.41, 5.74) is 2.02. The number of ether oxygens (including phenoxy) is 2. The fourth-order valence-electron chi connectivity index (χ4n) is 4.51. The summed E-state index contributed by atoms with van der Waals surface area (Å²) >= 11 is 0. The van der Waals surface area contributed by atoms with Crippen LogP contribution in [0.25, 0.3) is 0 Å². The summed E-state index contributed by atoms with van der Waals surface area (Å²) in [6.45, 7) is 2.37. The van der Waals surface area contributed by atoms with Gasteiger partial charge in [-0.3, -0.25) is 19.5 Å². The highest BCUT2D eigenvalue weighted by atomic mass is 16.7. The van der Waals surface area contributed by atoms with Crippen LogP contribution in [0.2, 0.25) is 0 Å². The van der Waals surface area contributed by atoms with E-state index < -0.39 is 5.79 Å². The Labute approximate surface area is 187 Å². The van der Waals surface area contributed by atoms with E-state index in [1.807, 2.05) is 18.2 Å². The Balaban J connectivity index is 1.14. The Morgan fingerprint density at radius 1 is 1.12 bits per heavy atom. The quantitative estimate of drug-likeness (QED) is 0.749. The van der Waals surface area contributed by atoms with Crippen molar-refractivity contribution in [3.05, 3.63) is 53.9 Å². The van der Waals surface area contributed by atoms with Gasteiger partial charge in [0.25, 0.3) is 5.91 Å². The van der Waals surface area contributed by atoms with Gasteiger partial charge in [0.15, 0.2) is 0 Å². The highest BCUT2D eigenvalue weighted by Crippen LogP contribution is 2.40. The molecule has 0 radical (unpaired) electrons. The SMILES string of the molecule is O=C(CNC(=O)c1ccncc1)Nc1ccc2c(c1)COC1(CCN(C3CCC3)CC1)O2. The molecule has 1 aromatic carbocycles. The van der Waals surface area contributed by atoms with Gasteiger partial charge in [-0.2, -0.15) is 0 Å². The second kappa shape index (κ2) is 8.88. The molecule has 1 aromatic heterocycles. The van der Waals surface area contributed by atoms with Crippen molar-refractivity contribution in [1.29, 1.82) is 0 Å². The van der Waals surface area contributed by atoms with Crippen molar-refractivity contribution in [3.63, 3.8) is 0 Å². The molecule has 0 atom stereocenters. The van der Waals surface area contributed by atoms with Gasteiger partial charge in [0.05, 0.1) is 13.2 Å². The number of nitrogens with zero attached hydrogens (tertiary/aromatic N) is 2. The minimum atomic E-state index is -0.532. The second-order valence-electron chi connectivity index (χ2n) is 8.71. The smallest absolute Gasteiger partial charge is 0.251 e. The third kappa shape index (κ3) is 4.47. The van der Waals surface area contributed by atoms with Crippen molar-refractivity contribution in [2.24, 2.45) is 0 Å². The predicted octanol–water partition coefficient (Wildman–Crippen LogP) is 2.70. The summed E-state index contributed by atoms with van der Waals surface area (Å²) in [7, 11) is 0. The third-order valence-electron chi connectivity index (χ3n) is 6.63. The molecule has 2 N–H and O–H groups in total. The van der Waals surface area contributed by atoms with E-state index in [1.165, 1.54) is 31.7 Å². The molecule has 3 aliphatic rings. The lowest BCUT2D eigenvalue weighted by atomic mass is 9.89. The number of hydrogen-bond donors (Lipinski definition) is 2. The van der Waals surface area contributed by atoms with Crippen molar-refractivity contribution in [2.45, 2.75) is 50.5 Å². The number of carbonyl (C=O) groups excluding carboxylic acids is 2. The summed E-state index contributed by atoms with van der Waals surface area (Å²) in [6.07, 6.45) is 8.81. The minimum Gasteiger partial charge on any atom is -0.462 e. The maximum atomic E-state index is 12.3. The topological polar surface area (TPSA) is 92.8 Å². The van der Waals surface area contributed by atoms with Crippen LogP contribution < -0.4 is 15.4 Å². The fraction of sp³-hybridized carbons (Fsp3) is 0.458. The summed E-state index contributed by atoms with van der Waals surface area (Å²) < 4.78 is 12.5. The van der Waals surface area contributed by atoms with E-state index in [9.17, 15) is 9.59 Å². The van der Waals surface area contributed by atoms with E-state index in [-0.39, 0.29) is 18.4 Å². The number of likely N-dealkylation sites (tertiary alicyclic amines) is 1. The molecule has 0 unspecified atom stereocenters. The highest BCUT2D eigenvalue weighted by Gasteiger charge is 2.42. The first kappa shape index (κ1) is 20.9. The first-order valence-electron chi connectivity index (χ1n) is 11.3. The Morgan fingerprint density at radius 2 is 1.91 bits per heavy atom. The Morgan fingerprint density at radius 3 is 2.62 bits per heavy atom. The van der Waals surface area contributed by atoms with E-state index in [1.54, 1.807) is 12.1 Å². The fourth-order valence-corrected chi connectivity index (χ4v) is 4.51. The Hall–Kier alpha value is -2.97. The number of benzene rings is 1. The van der Waals surface area contributed by atoms with Gasteiger partial charge < -0.3 is 20.1 Å². The van der Waals surface area contributed by atoms with Crippen LogP contribution in [0.3, 0.4) is 0 Å². The Kier molecular flexibility index (Phi) is 5.80. The van der Waals surface area contributed by atoms with Gasteiger partial charge in [0.2, 0.25) is 11.7 Å². The first-order valence-corrected chi connectivity index (χ1v) is 11.3. The number of rotatable bonds is 5. The van der Waals surface area contributed by atoms with E-state index in [0.717, 1.165) is 43.3 Å². The van der Waals surface area contributed by atoms with E-state index in [4.69, 9.17) is 9.47 Å². The van der Waals surface area contributed by atoms with E-state index in [0.29, 0.717) is 17.9 Å². The molecule has 3 heterocycles. The molecule has 1 aliphatic carbocycles. The number of carbonyl (C=O) groups is 2. The number of amides is 2. The van der Waals surface area contributed by atoms with Crippen LogP contribution in [-0.4, -0.2) is 53.2 Å². The third-order valence-corrected chi connectivity index (χ3v) is 6.63. The zero-order valence-electron chi connectivity index (χ0n) is 18.0. The summed E-state index contributed by atoms with van der Waals surface area (Å²) in [4.78, 5) is 30.8. The predicted molar refractivity (Wildman–Crippen MR) is 118 cm³/mol. The van der Waals surface area contributed by atoms with Crippen LogP contribution in [0.15, 0.2) is 42.7 Å². The summed E-state index contributed by atoms with van der Waals surface area (Å²) in [5, 5.41) is 5.43. The maximum absolute atomic E-state index is 12.3. The van der Waals surface area contributed by atoms with Crippen LogP contribution in [0.5, 0.6) is 5.75 Å². The molecular weight excluding hydrogens is 408 g/mol. The van der Waals surface area contributed by atoms with Crippen LogP contribution in [-0.2, 0) is 16.1 Å². The van der Waals surface area contributed by atoms with Gasteiger partial charge in [-0.1, -0.05) is 6.42 Å². The van der Waals surface area contributed by atoms with E-state index in [2.05, 4.69) is 20.5 Å². The first-order chi connectivity index (χ1) is 15.6. The van der Waals surface area contributed by atoms with Gasteiger partial charge in [-0.25, -0.2) is 0 Å². The van der Waals surface area contributed by atoms with Crippen LogP contribution in [0.4, 0.5) is 5.69 Å².